The van der Waals surface area contributed by atoms with Crippen molar-refractivity contribution >= 4 is 11.8 Å². The summed E-state index contributed by atoms with van der Waals surface area (Å²) < 4.78 is 1.90. The number of nitrogens with zero attached hydrogens (tertiary/aromatic N) is 3. The lowest BCUT2D eigenvalue weighted by atomic mass is 10.1. The molecular formula is C16H24N4O2. The fourth-order valence-corrected chi connectivity index (χ4v) is 2.85. The Kier molecular flexibility index (Phi) is 4.18. The number of carbonyl (C=O) groups excluding carboxylic acids is 2. The zero-order valence-electron chi connectivity index (χ0n) is 13.3. The van der Waals surface area contributed by atoms with Gasteiger partial charge in [0.25, 0.3) is 0 Å². The molecule has 0 radical (unpaired) electrons. The first-order chi connectivity index (χ1) is 10.5. The summed E-state index contributed by atoms with van der Waals surface area (Å²) in [4.78, 5) is 30.8. The van der Waals surface area contributed by atoms with Gasteiger partial charge in [-0.1, -0.05) is 13.8 Å². The Hall–Kier alpha value is -1.85. The molecule has 2 aliphatic rings. The highest BCUT2D eigenvalue weighted by Gasteiger charge is 2.33. The minimum atomic E-state index is -0.360. The van der Waals surface area contributed by atoms with Gasteiger partial charge in [0.2, 0.25) is 11.8 Å². The SMILES string of the molecule is CC(C)CC(=O)N1Cc2cncn2[C@H](C(=O)NCC2CC2)C1. The first kappa shape index (κ1) is 15.1. The van der Waals surface area contributed by atoms with Crippen LogP contribution in [0.5, 0.6) is 0 Å². The molecular weight excluding hydrogens is 280 g/mol. The van der Waals surface area contributed by atoms with Crippen LogP contribution in [0.3, 0.4) is 0 Å². The van der Waals surface area contributed by atoms with Crippen LogP contribution in [0.4, 0.5) is 0 Å². The third kappa shape index (κ3) is 3.31. The summed E-state index contributed by atoms with van der Waals surface area (Å²) >= 11 is 0. The smallest absolute Gasteiger partial charge is 0.244 e. The van der Waals surface area contributed by atoms with Gasteiger partial charge in [0, 0.05) is 19.2 Å². The van der Waals surface area contributed by atoms with Crippen molar-refractivity contribution in [3.8, 4) is 0 Å². The number of amides is 2. The minimum Gasteiger partial charge on any atom is -0.354 e. The van der Waals surface area contributed by atoms with Crippen molar-refractivity contribution < 1.29 is 9.59 Å². The molecule has 1 fully saturated rings. The topological polar surface area (TPSA) is 67.2 Å². The van der Waals surface area contributed by atoms with E-state index in [1.165, 1.54) is 12.8 Å². The Balaban J connectivity index is 1.71. The quantitative estimate of drug-likeness (QED) is 0.892. The van der Waals surface area contributed by atoms with E-state index in [1.54, 1.807) is 17.4 Å². The predicted octanol–water partition coefficient (Wildman–Crippen LogP) is 1.34. The Morgan fingerprint density at radius 3 is 2.86 bits per heavy atom. The maximum Gasteiger partial charge on any atom is 0.244 e. The number of hydrogen-bond donors (Lipinski definition) is 1. The second-order valence-corrected chi connectivity index (χ2v) is 6.87. The first-order valence-corrected chi connectivity index (χ1v) is 8.10. The fourth-order valence-electron chi connectivity index (χ4n) is 2.85. The zero-order valence-corrected chi connectivity index (χ0v) is 13.3. The molecule has 1 aliphatic heterocycles. The van der Waals surface area contributed by atoms with Crippen LogP contribution in [-0.4, -0.2) is 39.4 Å². The number of hydrogen-bond acceptors (Lipinski definition) is 3. The van der Waals surface area contributed by atoms with Crippen LogP contribution in [0.25, 0.3) is 0 Å². The van der Waals surface area contributed by atoms with Crippen LogP contribution in [0, 0.1) is 11.8 Å². The molecule has 6 heteroatoms. The Morgan fingerprint density at radius 2 is 2.18 bits per heavy atom. The average molecular weight is 304 g/mol. The maximum atomic E-state index is 12.5. The number of rotatable bonds is 5. The van der Waals surface area contributed by atoms with Crippen LogP contribution < -0.4 is 5.32 Å². The van der Waals surface area contributed by atoms with E-state index in [2.05, 4.69) is 10.3 Å². The number of nitrogens with one attached hydrogen (secondary N) is 1. The number of carbonyl (C=O) groups is 2. The lowest BCUT2D eigenvalue weighted by Crippen LogP contribution is -2.47. The molecule has 2 heterocycles. The van der Waals surface area contributed by atoms with Crippen LogP contribution in [-0.2, 0) is 16.1 Å². The molecule has 0 saturated heterocycles. The number of fused-ring (bicyclic) bond motifs is 1. The molecule has 1 aliphatic carbocycles. The summed E-state index contributed by atoms with van der Waals surface area (Å²) in [6, 6.07) is -0.360. The van der Waals surface area contributed by atoms with E-state index in [4.69, 9.17) is 0 Å². The average Bonchev–Trinajstić information content (AvgIpc) is 3.18. The molecule has 0 spiro atoms. The van der Waals surface area contributed by atoms with Gasteiger partial charge in [-0.25, -0.2) is 4.98 Å². The highest BCUT2D eigenvalue weighted by molar-refractivity contribution is 5.83. The summed E-state index contributed by atoms with van der Waals surface area (Å²) in [5.74, 6) is 1.07. The van der Waals surface area contributed by atoms with Gasteiger partial charge >= 0.3 is 0 Å². The minimum absolute atomic E-state index is 0.00630. The second-order valence-electron chi connectivity index (χ2n) is 6.87. The predicted molar refractivity (Wildman–Crippen MR) is 81.9 cm³/mol. The molecule has 1 aromatic rings. The van der Waals surface area contributed by atoms with Crippen LogP contribution in [0.2, 0.25) is 0 Å². The van der Waals surface area contributed by atoms with Crippen molar-refractivity contribution in [2.24, 2.45) is 11.8 Å². The van der Waals surface area contributed by atoms with Gasteiger partial charge in [-0.2, -0.15) is 0 Å². The number of aromatic nitrogens is 2. The fraction of sp³-hybridized carbons (Fsp3) is 0.688. The van der Waals surface area contributed by atoms with E-state index < -0.39 is 0 Å². The van der Waals surface area contributed by atoms with Gasteiger partial charge < -0.3 is 14.8 Å². The van der Waals surface area contributed by atoms with E-state index in [-0.39, 0.29) is 17.9 Å². The summed E-state index contributed by atoms with van der Waals surface area (Å²) in [6.45, 7) is 5.79. The van der Waals surface area contributed by atoms with Gasteiger partial charge in [-0.05, 0) is 24.7 Å². The normalized spacial score (nSPS) is 20.9. The zero-order chi connectivity index (χ0) is 15.7. The molecule has 1 atom stereocenters. The molecule has 22 heavy (non-hydrogen) atoms. The first-order valence-electron chi connectivity index (χ1n) is 8.10. The van der Waals surface area contributed by atoms with Crippen molar-refractivity contribution in [2.45, 2.75) is 45.7 Å². The van der Waals surface area contributed by atoms with Crippen molar-refractivity contribution in [1.82, 2.24) is 19.8 Å². The summed E-state index contributed by atoms with van der Waals surface area (Å²) in [5, 5.41) is 3.02. The van der Waals surface area contributed by atoms with Crippen molar-refractivity contribution in [2.75, 3.05) is 13.1 Å². The van der Waals surface area contributed by atoms with Crippen molar-refractivity contribution in [3.63, 3.8) is 0 Å². The maximum absolute atomic E-state index is 12.5. The molecule has 0 unspecified atom stereocenters. The summed E-state index contributed by atoms with van der Waals surface area (Å²) in [7, 11) is 0. The van der Waals surface area contributed by atoms with Gasteiger partial charge in [0.1, 0.15) is 6.04 Å². The molecule has 1 aromatic heterocycles. The largest absolute Gasteiger partial charge is 0.354 e. The molecule has 1 N–H and O–H groups in total. The molecule has 0 aromatic carbocycles. The summed E-state index contributed by atoms with van der Waals surface area (Å²) in [6.07, 6.45) is 6.38. The lowest BCUT2D eigenvalue weighted by Gasteiger charge is -2.34. The molecule has 0 bridgehead atoms. The van der Waals surface area contributed by atoms with Gasteiger partial charge in [0.05, 0.1) is 25.1 Å². The summed E-state index contributed by atoms with van der Waals surface area (Å²) in [5.41, 5.74) is 0.926. The molecule has 6 nitrogen and oxygen atoms in total. The van der Waals surface area contributed by atoms with Crippen LogP contribution in [0.1, 0.15) is 44.8 Å². The van der Waals surface area contributed by atoms with Crippen molar-refractivity contribution in [1.29, 1.82) is 0 Å². The third-order valence-electron chi connectivity index (χ3n) is 4.33. The monoisotopic (exact) mass is 304 g/mol. The second kappa shape index (κ2) is 6.10. The van der Waals surface area contributed by atoms with Gasteiger partial charge in [-0.15, -0.1) is 0 Å². The van der Waals surface area contributed by atoms with E-state index in [9.17, 15) is 9.59 Å². The highest BCUT2D eigenvalue weighted by Crippen LogP contribution is 2.28. The van der Waals surface area contributed by atoms with Crippen LogP contribution in [0.15, 0.2) is 12.5 Å². The van der Waals surface area contributed by atoms with E-state index >= 15 is 0 Å². The van der Waals surface area contributed by atoms with Gasteiger partial charge in [-0.3, -0.25) is 9.59 Å². The standard InChI is InChI=1S/C16H24N4O2/c1-11(2)5-15(21)19-8-13-7-17-10-20(13)14(9-19)16(22)18-6-12-3-4-12/h7,10-12,14H,3-6,8-9H2,1-2H3,(H,18,22)/t14-/m0/s1. The third-order valence-corrected chi connectivity index (χ3v) is 4.33. The highest BCUT2D eigenvalue weighted by atomic mass is 16.2. The van der Waals surface area contributed by atoms with E-state index in [1.807, 2.05) is 18.4 Å². The van der Waals surface area contributed by atoms with E-state index in [0.717, 1.165) is 12.2 Å². The Labute approximate surface area is 130 Å². The van der Waals surface area contributed by atoms with E-state index in [0.29, 0.717) is 31.3 Å². The Morgan fingerprint density at radius 1 is 1.41 bits per heavy atom. The lowest BCUT2D eigenvalue weighted by molar-refractivity contribution is -0.136. The van der Waals surface area contributed by atoms with Crippen LogP contribution >= 0.6 is 0 Å². The Bertz CT molecular complexity index is 562. The molecule has 120 valence electrons. The molecule has 3 rings (SSSR count). The molecule has 2 amide bonds. The van der Waals surface area contributed by atoms with Gasteiger partial charge in [0.15, 0.2) is 0 Å². The molecule has 1 saturated carbocycles. The number of imidazole rings is 1. The van der Waals surface area contributed by atoms with Crippen molar-refractivity contribution in [3.05, 3.63) is 18.2 Å².